The molecule has 0 aliphatic carbocycles. The molecule has 3 amide bonds. The first-order valence-electron chi connectivity index (χ1n) is 9.51. The summed E-state index contributed by atoms with van der Waals surface area (Å²) in [5, 5.41) is 2.50. The number of benzene rings is 2. The Morgan fingerprint density at radius 1 is 1.19 bits per heavy atom. The zero-order chi connectivity index (χ0) is 22.8. The van der Waals surface area contributed by atoms with E-state index in [-0.39, 0.29) is 30.8 Å². The maximum Gasteiger partial charge on any atom is 0.416 e. The summed E-state index contributed by atoms with van der Waals surface area (Å²) in [6.45, 7) is -0.124. The molecule has 0 bridgehead atoms. The van der Waals surface area contributed by atoms with E-state index in [2.05, 4.69) is 5.32 Å². The van der Waals surface area contributed by atoms with Gasteiger partial charge in [-0.3, -0.25) is 4.79 Å². The van der Waals surface area contributed by atoms with Crippen molar-refractivity contribution in [3.05, 3.63) is 65.2 Å². The summed E-state index contributed by atoms with van der Waals surface area (Å²) in [6.07, 6.45) is -3.82. The van der Waals surface area contributed by atoms with Gasteiger partial charge in [0.2, 0.25) is 5.91 Å². The first kappa shape index (κ1) is 22.5. The van der Waals surface area contributed by atoms with Gasteiger partial charge >= 0.3 is 12.2 Å². The number of carbonyl (C=O) groups is 2. The standard InChI is InChI=1S/C21H20F5N3O2/c1-28(12-13-5-2-3-6-15(13)21(24,25)26)20(31)27-17-7-4-10-29(19(17)30)18-9-8-14(22)11-16(18)23/h2-3,5-6,8-9,11,17H,4,7,10,12H2,1H3,(H,27,31). The molecule has 2 aromatic rings. The van der Waals surface area contributed by atoms with Gasteiger partial charge in [-0.1, -0.05) is 18.2 Å². The molecular formula is C21H20F5N3O2. The van der Waals surface area contributed by atoms with Crippen LogP contribution in [-0.2, 0) is 17.5 Å². The number of rotatable bonds is 4. The third-order valence-corrected chi connectivity index (χ3v) is 5.01. The summed E-state index contributed by atoms with van der Waals surface area (Å²) in [6, 6.07) is 6.02. The molecule has 0 saturated carbocycles. The number of hydrogen-bond donors (Lipinski definition) is 1. The second-order valence-electron chi connectivity index (χ2n) is 7.24. The van der Waals surface area contributed by atoms with Gasteiger partial charge in [0.15, 0.2) is 0 Å². The van der Waals surface area contributed by atoms with Crippen LogP contribution in [0.25, 0.3) is 0 Å². The van der Waals surface area contributed by atoms with Crippen LogP contribution in [0.1, 0.15) is 24.0 Å². The number of alkyl halides is 3. The molecule has 166 valence electrons. The van der Waals surface area contributed by atoms with Gasteiger partial charge in [0, 0.05) is 26.2 Å². The lowest BCUT2D eigenvalue weighted by molar-refractivity contribution is -0.138. The summed E-state index contributed by atoms with van der Waals surface area (Å²) in [5.74, 6) is -2.26. The number of piperidine rings is 1. The van der Waals surface area contributed by atoms with Gasteiger partial charge < -0.3 is 15.1 Å². The summed E-state index contributed by atoms with van der Waals surface area (Å²) >= 11 is 0. The number of hydrogen-bond acceptors (Lipinski definition) is 2. The van der Waals surface area contributed by atoms with Crippen LogP contribution in [0.15, 0.2) is 42.5 Å². The number of nitrogens with one attached hydrogen (secondary N) is 1. The van der Waals surface area contributed by atoms with Crippen LogP contribution in [0.5, 0.6) is 0 Å². The second kappa shape index (κ2) is 8.91. The smallest absolute Gasteiger partial charge is 0.326 e. The fourth-order valence-corrected chi connectivity index (χ4v) is 3.47. The predicted molar refractivity (Wildman–Crippen MR) is 103 cm³/mol. The maximum absolute atomic E-state index is 14.1. The van der Waals surface area contributed by atoms with Gasteiger partial charge in [-0.2, -0.15) is 13.2 Å². The van der Waals surface area contributed by atoms with Crippen LogP contribution in [0.4, 0.5) is 32.4 Å². The van der Waals surface area contributed by atoms with E-state index in [0.29, 0.717) is 12.5 Å². The third kappa shape index (κ3) is 5.12. The van der Waals surface area contributed by atoms with Crippen molar-refractivity contribution in [1.82, 2.24) is 10.2 Å². The van der Waals surface area contributed by atoms with Crippen molar-refractivity contribution in [2.24, 2.45) is 0 Å². The number of amides is 3. The number of anilines is 1. The molecule has 1 aliphatic heterocycles. The molecule has 1 aliphatic rings. The van der Waals surface area contributed by atoms with Gasteiger partial charge in [0.25, 0.3) is 0 Å². The molecule has 1 heterocycles. The largest absolute Gasteiger partial charge is 0.416 e. The molecule has 1 N–H and O–H groups in total. The number of urea groups is 1. The van der Waals surface area contributed by atoms with Gasteiger partial charge in [0.1, 0.15) is 17.7 Å². The van der Waals surface area contributed by atoms with E-state index in [9.17, 15) is 31.5 Å². The number of halogens is 5. The van der Waals surface area contributed by atoms with Crippen molar-refractivity contribution in [3.63, 3.8) is 0 Å². The Balaban J connectivity index is 1.69. The minimum atomic E-state index is -4.56. The number of nitrogens with zero attached hydrogens (tertiary/aromatic N) is 2. The van der Waals surface area contributed by atoms with Crippen LogP contribution in [0.3, 0.4) is 0 Å². The highest BCUT2D eigenvalue weighted by Gasteiger charge is 2.35. The van der Waals surface area contributed by atoms with Gasteiger partial charge in [-0.25, -0.2) is 13.6 Å². The summed E-state index contributed by atoms with van der Waals surface area (Å²) < 4.78 is 66.7. The number of carbonyl (C=O) groups excluding carboxylic acids is 2. The van der Waals surface area contributed by atoms with Crippen molar-refractivity contribution < 1.29 is 31.5 Å². The zero-order valence-corrected chi connectivity index (χ0v) is 16.5. The Morgan fingerprint density at radius 3 is 2.58 bits per heavy atom. The Hall–Kier alpha value is -3.17. The third-order valence-electron chi connectivity index (χ3n) is 5.01. The molecule has 0 radical (unpaired) electrons. The summed E-state index contributed by atoms with van der Waals surface area (Å²) in [5.41, 5.74) is -1.03. The Kier molecular flexibility index (Phi) is 6.47. The minimum Gasteiger partial charge on any atom is -0.326 e. The molecule has 2 aromatic carbocycles. The molecule has 10 heteroatoms. The van der Waals surface area contributed by atoms with E-state index in [1.165, 1.54) is 25.2 Å². The topological polar surface area (TPSA) is 52.7 Å². The maximum atomic E-state index is 14.1. The highest BCUT2D eigenvalue weighted by Crippen LogP contribution is 2.32. The summed E-state index contributed by atoms with van der Waals surface area (Å²) in [7, 11) is 1.31. The fourth-order valence-electron chi connectivity index (χ4n) is 3.47. The van der Waals surface area contributed by atoms with Crippen molar-refractivity contribution in [3.8, 4) is 0 Å². The van der Waals surface area contributed by atoms with Gasteiger partial charge in [0.05, 0.1) is 11.3 Å². The lowest BCUT2D eigenvalue weighted by Gasteiger charge is -2.33. The molecule has 5 nitrogen and oxygen atoms in total. The first-order valence-corrected chi connectivity index (χ1v) is 9.51. The highest BCUT2D eigenvalue weighted by molar-refractivity contribution is 5.99. The van der Waals surface area contributed by atoms with Crippen LogP contribution in [0.2, 0.25) is 0 Å². The summed E-state index contributed by atoms with van der Waals surface area (Å²) in [4.78, 5) is 27.4. The van der Waals surface area contributed by atoms with E-state index < -0.39 is 41.4 Å². The highest BCUT2D eigenvalue weighted by atomic mass is 19.4. The molecule has 0 aromatic heterocycles. The minimum absolute atomic E-state index is 0.0855. The van der Waals surface area contributed by atoms with Crippen LogP contribution in [-0.4, -0.2) is 36.5 Å². The van der Waals surface area contributed by atoms with Crippen molar-refractivity contribution in [2.45, 2.75) is 31.6 Å². The first-order chi connectivity index (χ1) is 14.6. The molecule has 3 rings (SSSR count). The fraction of sp³-hybridized carbons (Fsp3) is 0.333. The zero-order valence-electron chi connectivity index (χ0n) is 16.5. The Morgan fingerprint density at radius 2 is 1.90 bits per heavy atom. The quantitative estimate of drug-likeness (QED) is 0.719. The second-order valence-corrected chi connectivity index (χ2v) is 7.24. The Labute approximate surface area is 175 Å². The average molecular weight is 441 g/mol. The monoisotopic (exact) mass is 441 g/mol. The van der Waals surface area contributed by atoms with Gasteiger partial charge in [-0.15, -0.1) is 0 Å². The van der Waals surface area contributed by atoms with E-state index in [4.69, 9.17) is 0 Å². The van der Waals surface area contributed by atoms with Crippen LogP contribution in [0, 0.1) is 11.6 Å². The van der Waals surface area contributed by atoms with Crippen molar-refractivity contribution >= 4 is 17.6 Å². The molecular weight excluding hydrogens is 421 g/mol. The van der Waals surface area contributed by atoms with Crippen molar-refractivity contribution in [1.29, 1.82) is 0 Å². The SMILES string of the molecule is CN(Cc1ccccc1C(F)(F)F)C(=O)NC1CCCN(c2ccc(F)cc2F)C1=O. The van der Waals surface area contributed by atoms with Gasteiger partial charge in [-0.05, 0) is 36.6 Å². The van der Waals surface area contributed by atoms with Crippen LogP contribution >= 0.6 is 0 Å². The lowest BCUT2D eigenvalue weighted by atomic mass is 10.0. The van der Waals surface area contributed by atoms with E-state index in [0.717, 1.165) is 28.0 Å². The molecule has 1 atom stereocenters. The van der Waals surface area contributed by atoms with Crippen molar-refractivity contribution in [2.75, 3.05) is 18.5 Å². The van der Waals surface area contributed by atoms with E-state index >= 15 is 0 Å². The molecule has 1 fully saturated rings. The molecule has 1 unspecified atom stereocenters. The molecule has 1 saturated heterocycles. The predicted octanol–water partition coefficient (Wildman–Crippen LogP) is 4.32. The van der Waals surface area contributed by atoms with E-state index in [1.54, 1.807) is 0 Å². The average Bonchev–Trinajstić information content (AvgIpc) is 2.69. The Bertz CT molecular complexity index is 980. The van der Waals surface area contributed by atoms with E-state index in [1.807, 2.05) is 0 Å². The molecule has 0 spiro atoms. The van der Waals surface area contributed by atoms with Crippen LogP contribution < -0.4 is 10.2 Å². The molecule has 31 heavy (non-hydrogen) atoms. The lowest BCUT2D eigenvalue weighted by Crippen LogP contribution is -2.54. The normalized spacial score (nSPS) is 16.9.